The molecule has 2 N–H and O–H groups in total. The van der Waals surface area contributed by atoms with Crippen molar-refractivity contribution in [2.45, 2.75) is 31.8 Å². The Morgan fingerprint density at radius 2 is 1.91 bits per heavy atom. The van der Waals surface area contributed by atoms with Gasteiger partial charge in [0, 0.05) is 36.1 Å². The summed E-state index contributed by atoms with van der Waals surface area (Å²) in [5.41, 5.74) is 9.38. The van der Waals surface area contributed by atoms with Crippen molar-refractivity contribution in [2.75, 3.05) is 13.1 Å². The summed E-state index contributed by atoms with van der Waals surface area (Å²) in [6.45, 7) is 6.59. The van der Waals surface area contributed by atoms with E-state index in [1.165, 1.54) is 17.2 Å². The van der Waals surface area contributed by atoms with E-state index < -0.39 is 0 Å². The Balaban J connectivity index is 1.84. The summed E-state index contributed by atoms with van der Waals surface area (Å²) in [6, 6.07) is 13.1. The van der Waals surface area contributed by atoms with E-state index in [1.807, 2.05) is 18.2 Å². The summed E-state index contributed by atoms with van der Waals surface area (Å²) in [5, 5.41) is 0.744. The minimum absolute atomic E-state index is 0.0431. The van der Waals surface area contributed by atoms with E-state index in [1.54, 1.807) is 6.07 Å². The van der Waals surface area contributed by atoms with Gasteiger partial charge >= 0.3 is 0 Å². The second-order valence-corrected chi connectivity index (χ2v) is 7.33. The molecule has 0 radical (unpaired) electrons. The highest BCUT2D eigenvalue weighted by atomic mass is 35.5. The normalized spacial score (nSPS) is 18.2. The summed E-state index contributed by atoms with van der Waals surface area (Å²) < 4.78 is 13.6. The third-order valence-electron chi connectivity index (χ3n) is 4.73. The molecule has 1 atom stereocenters. The van der Waals surface area contributed by atoms with Gasteiger partial charge in [0.15, 0.2) is 0 Å². The Hall–Kier alpha value is -1.42. The fourth-order valence-electron chi connectivity index (χ4n) is 3.49. The molecule has 0 aromatic heterocycles. The van der Waals surface area contributed by atoms with Crippen molar-refractivity contribution < 1.29 is 4.39 Å². The van der Waals surface area contributed by atoms with E-state index >= 15 is 0 Å². The van der Waals surface area contributed by atoms with Crippen molar-refractivity contribution in [3.05, 3.63) is 70.0 Å². The third-order valence-corrected chi connectivity index (χ3v) is 4.98. The molecule has 1 aliphatic rings. The van der Waals surface area contributed by atoms with Crippen molar-refractivity contribution in [1.82, 2.24) is 4.90 Å². The van der Waals surface area contributed by atoms with Crippen LogP contribution < -0.4 is 5.73 Å². The molecule has 2 aromatic carbocycles. The largest absolute Gasteiger partial charge is 0.329 e. The van der Waals surface area contributed by atoms with Crippen LogP contribution >= 0.6 is 11.6 Å². The van der Waals surface area contributed by atoms with E-state index in [-0.39, 0.29) is 17.3 Å². The average Bonchev–Trinajstić information content (AvgIpc) is 2.83. The summed E-state index contributed by atoms with van der Waals surface area (Å²) >= 11 is 5.99. The monoisotopic (exact) mass is 332 g/mol. The van der Waals surface area contributed by atoms with Gasteiger partial charge in [-0.05, 0) is 41.0 Å². The fourth-order valence-corrected chi connectivity index (χ4v) is 3.61. The van der Waals surface area contributed by atoms with Gasteiger partial charge in [0.25, 0.3) is 0 Å². The minimum Gasteiger partial charge on any atom is -0.329 e. The summed E-state index contributed by atoms with van der Waals surface area (Å²) in [6.07, 6.45) is 0. The Morgan fingerprint density at radius 3 is 2.57 bits per heavy atom. The van der Waals surface area contributed by atoms with Crippen molar-refractivity contribution in [1.29, 1.82) is 0 Å². The maximum Gasteiger partial charge on any atom is 0.123 e. The zero-order chi connectivity index (χ0) is 16.6. The van der Waals surface area contributed by atoms with Crippen molar-refractivity contribution >= 4 is 11.6 Å². The lowest BCUT2D eigenvalue weighted by Crippen LogP contribution is -2.38. The first-order chi connectivity index (χ1) is 10.9. The lowest BCUT2D eigenvalue weighted by Gasteiger charge is -2.34. The van der Waals surface area contributed by atoms with Gasteiger partial charge in [-0.3, -0.25) is 4.90 Å². The lowest BCUT2D eigenvalue weighted by molar-refractivity contribution is 0.179. The van der Waals surface area contributed by atoms with Crippen LogP contribution in [0.15, 0.2) is 42.5 Å². The smallest absolute Gasteiger partial charge is 0.123 e. The molecule has 0 aliphatic carbocycles. The van der Waals surface area contributed by atoms with Crippen LogP contribution in [0.4, 0.5) is 4.39 Å². The van der Waals surface area contributed by atoms with Gasteiger partial charge in [0.2, 0.25) is 0 Å². The van der Waals surface area contributed by atoms with Crippen molar-refractivity contribution in [3.63, 3.8) is 0 Å². The number of hydrogen-bond acceptors (Lipinski definition) is 2. The van der Waals surface area contributed by atoms with Crippen LogP contribution in [-0.2, 0) is 12.0 Å². The van der Waals surface area contributed by atoms with E-state index in [0.29, 0.717) is 6.54 Å². The van der Waals surface area contributed by atoms with Crippen LogP contribution in [0, 0.1) is 5.82 Å². The first kappa shape index (κ1) is 16.4. The number of rotatable bonds is 4. The van der Waals surface area contributed by atoms with Crippen LogP contribution in [0.3, 0.4) is 0 Å². The second-order valence-electron chi connectivity index (χ2n) is 6.89. The molecule has 3 rings (SSSR count). The number of nitrogens with two attached hydrogens (primary N) is 1. The molecular formula is C19H22ClFN2. The molecule has 0 bridgehead atoms. The van der Waals surface area contributed by atoms with E-state index in [9.17, 15) is 4.39 Å². The predicted molar refractivity (Wildman–Crippen MR) is 93.1 cm³/mol. The molecular weight excluding hydrogens is 311 g/mol. The third kappa shape index (κ3) is 3.27. The maximum atomic E-state index is 13.6. The highest BCUT2D eigenvalue weighted by Gasteiger charge is 2.34. The van der Waals surface area contributed by atoms with E-state index in [4.69, 9.17) is 17.3 Å². The highest BCUT2D eigenvalue weighted by Crippen LogP contribution is 2.37. The number of fused-ring (bicyclic) bond motifs is 1. The fraction of sp³-hybridized carbons (Fsp3) is 0.368. The van der Waals surface area contributed by atoms with Gasteiger partial charge in [0.05, 0.1) is 0 Å². The maximum absolute atomic E-state index is 13.6. The Kier molecular flexibility index (Phi) is 4.45. The van der Waals surface area contributed by atoms with Gasteiger partial charge in [0.1, 0.15) is 5.82 Å². The first-order valence-corrected chi connectivity index (χ1v) is 8.27. The summed E-state index contributed by atoms with van der Waals surface area (Å²) in [7, 11) is 0. The molecule has 2 aromatic rings. The molecule has 1 heterocycles. The number of hydrogen-bond donors (Lipinski definition) is 1. The Bertz CT molecular complexity index is 697. The van der Waals surface area contributed by atoms with Crippen LogP contribution in [0.1, 0.15) is 36.6 Å². The lowest BCUT2D eigenvalue weighted by atomic mass is 9.84. The van der Waals surface area contributed by atoms with Crippen molar-refractivity contribution in [2.24, 2.45) is 5.73 Å². The minimum atomic E-state index is -0.194. The zero-order valence-electron chi connectivity index (χ0n) is 13.5. The second kappa shape index (κ2) is 6.23. The van der Waals surface area contributed by atoms with Crippen LogP contribution in [0.5, 0.6) is 0 Å². The Labute approximate surface area is 142 Å². The standard InChI is InChI=1S/C19H22ClFN2/c1-19(2,14-4-6-15(20)7-5-14)12-23-11-13-3-8-16(21)9-17(13)18(23)10-22/h3-9,18H,10-12,22H2,1-2H3. The average molecular weight is 333 g/mol. The topological polar surface area (TPSA) is 29.3 Å². The predicted octanol–water partition coefficient (Wildman–Crippen LogP) is 4.27. The molecule has 23 heavy (non-hydrogen) atoms. The van der Waals surface area contributed by atoms with Gasteiger partial charge in [-0.1, -0.05) is 43.6 Å². The summed E-state index contributed by atoms with van der Waals surface area (Å²) in [5.74, 6) is -0.194. The van der Waals surface area contributed by atoms with Gasteiger partial charge in [-0.2, -0.15) is 0 Å². The molecule has 0 fully saturated rings. The van der Waals surface area contributed by atoms with E-state index in [0.717, 1.165) is 23.7 Å². The van der Waals surface area contributed by atoms with E-state index in [2.05, 4.69) is 30.9 Å². The molecule has 4 heteroatoms. The number of halogens is 2. The molecule has 2 nitrogen and oxygen atoms in total. The molecule has 0 amide bonds. The number of nitrogens with zero attached hydrogens (tertiary/aromatic N) is 1. The number of benzene rings is 2. The van der Waals surface area contributed by atoms with Crippen LogP contribution in [0.25, 0.3) is 0 Å². The molecule has 0 spiro atoms. The van der Waals surface area contributed by atoms with Crippen molar-refractivity contribution in [3.8, 4) is 0 Å². The highest BCUT2D eigenvalue weighted by molar-refractivity contribution is 6.30. The van der Waals surface area contributed by atoms with Gasteiger partial charge < -0.3 is 5.73 Å². The van der Waals surface area contributed by atoms with Gasteiger partial charge in [-0.25, -0.2) is 4.39 Å². The molecule has 122 valence electrons. The molecule has 0 saturated carbocycles. The molecule has 0 saturated heterocycles. The quantitative estimate of drug-likeness (QED) is 0.905. The van der Waals surface area contributed by atoms with Crippen LogP contribution in [-0.4, -0.2) is 18.0 Å². The molecule has 1 unspecified atom stereocenters. The first-order valence-electron chi connectivity index (χ1n) is 7.89. The summed E-state index contributed by atoms with van der Waals surface area (Å²) in [4.78, 5) is 2.35. The Morgan fingerprint density at radius 1 is 1.22 bits per heavy atom. The zero-order valence-corrected chi connectivity index (χ0v) is 14.3. The SMILES string of the molecule is CC(C)(CN1Cc2ccc(F)cc2C1CN)c1ccc(Cl)cc1. The molecule has 1 aliphatic heterocycles. The van der Waals surface area contributed by atoms with Gasteiger partial charge in [-0.15, -0.1) is 0 Å². The van der Waals surface area contributed by atoms with Crippen LogP contribution in [0.2, 0.25) is 5.02 Å².